The third-order valence-corrected chi connectivity index (χ3v) is 9.19. The van der Waals surface area contributed by atoms with Gasteiger partial charge in [0, 0.05) is 37.3 Å². The van der Waals surface area contributed by atoms with Gasteiger partial charge in [0.2, 0.25) is 5.91 Å². The summed E-state index contributed by atoms with van der Waals surface area (Å²) in [6, 6.07) is 6.09. The molecule has 0 aromatic heterocycles. The largest absolute Gasteiger partial charge is 0.372 e. The molecular formula is C34H58N2O2. The lowest BCUT2D eigenvalue weighted by molar-refractivity contribution is -0.127. The smallest absolute Gasteiger partial charge is 0.224 e. The molecule has 216 valence electrons. The van der Waals surface area contributed by atoms with Crippen molar-refractivity contribution in [2.75, 3.05) is 22.9 Å². The van der Waals surface area contributed by atoms with Gasteiger partial charge < -0.3 is 9.80 Å². The number of anilines is 2. The quantitative estimate of drug-likeness (QED) is 0.216. The Morgan fingerprint density at radius 3 is 2.13 bits per heavy atom. The number of carbonyl (C=O) groups excluding carboxylic acids is 2. The van der Waals surface area contributed by atoms with Crippen molar-refractivity contribution in [3.05, 3.63) is 23.8 Å². The molecule has 1 aliphatic heterocycles. The van der Waals surface area contributed by atoms with E-state index in [1.54, 1.807) is 11.8 Å². The number of piperidine rings is 1. The second-order valence-corrected chi connectivity index (χ2v) is 12.3. The van der Waals surface area contributed by atoms with Gasteiger partial charge in [0.15, 0.2) is 5.78 Å². The van der Waals surface area contributed by atoms with E-state index in [0.29, 0.717) is 6.42 Å². The summed E-state index contributed by atoms with van der Waals surface area (Å²) in [5, 5.41) is 0. The molecule has 1 aliphatic rings. The Hall–Kier alpha value is -1.84. The Bertz CT molecular complexity index is 858. The Labute approximate surface area is 234 Å². The van der Waals surface area contributed by atoms with Crippen LogP contribution in [0, 0.1) is 30.6 Å². The number of aryl methyl sites for hydroxylation is 1. The highest BCUT2D eigenvalue weighted by atomic mass is 16.2. The van der Waals surface area contributed by atoms with Crippen LogP contribution in [0.1, 0.15) is 125 Å². The van der Waals surface area contributed by atoms with Crippen molar-refractivity contribution in [3.8, 4) is 0 Å². The van der Waals surface area contributed by atoms with E-state index in [2.05, 4.69) is 57.7 Å². The molecule has 0 N–H and O–H groups in total. The predicted molar refractivity (Wildman–Crippen MR) is 164 cm³/mol. The summed E-state index contributed by atoms with van der Waals surface area (Å²) in [6.07, 6.45) is 13.1. The van der Waals surface area contributed by atoms with Gasteiger partial charge in [-0.3, -0.25) is 9.59 Å². The number of ketones is 1. The molecule has 0 spiro atoms. The van der Waals surface area contributed by atoms with Crippen LogP contribution < -0.4 is 9.80 Å². The topological polar surface area (TPSA) is 40.6 Å². The first-order valence-electron chi connectivity index (χ1n) is 15.9. The van der Waals surface area contributed by atoms with Gasteiger partial charge in [0.25, 0.3) is 0 Å². The number of hydrogen-bond donors (Lipinski definition) is 0. The van der Waals surface area contributed by atoms with Crippen LogP contribution in [0.5, 0.6) is 0 Å². The first-order chi connectivity index (χ1) is 18.2. The summed E-state index contributed by atoms with van der Waals surface area (Å²) in [6.45, 7) is 19.1. The molecule has 1 amide bonds. The fourth-order valence-electron chi connectivity index (χ4n) is 6.28. The van der Waals surface area contributed by atoms with Gasteiger partial charge in [-0.25, -0.2) is 0 Å². The van der Waals surface area contributed by atoms with E-state index in [-0.39, 0.29) is 23.7 Å². The second-order valence-electron chi connectivity index (χ2n) is 12.3. The summed E-state index contributed by atoms with van der Waals surface area (Å²) in [5.41, 5.74) is 3.20. The van der Waals surface area contributed by atoms with Crippen LogP contribution in [0.4, 0.5) is 11.4 Å². The summed E-state index contributed by atoms with van der Waals surface area (Å²) in [4.78, 5) is 30.4. The van der Waals surface area contributed by atoms with Crippen molar-refractivity contribution < 1.29 is 9.59 Å². The number of nitrogens with zero attached hydrogens (tertiary/aromatic N) is 2. The zero-order valence-corrected chi connectivity index (χ0v) is 26.0. The Kier molecular flexibility index (Phi) is 13.9. The molecule has 1 fully saturated rings. The van der Waals surface area contributed by atoms with E-state index in [1.807, 2.05) is 13.8 Å². The van der Waals surface area contributed by atoms with Crippen LogP contribution >= 0.6 is 0 Å². The highest BCUT2D eigenvalue weighted by Crippen LogP contribution is 2.34. The molecule has 0 aliphatic carbocycles. The lowest BCUT2D eigenvalue weighted by Gasteiger charge is -2.36. The Morgan fingerprint density at radius 2 is 1.61 bits per heavy atom. The minimum atomic E-state index is -0.385. The fourth-order valence-corrected chi connectivity index (χ4v) is 6.28. The standard InChI is InChI=1S/C34H58N2O2/c1-9-13-29(16-15-25(5)11-3)24-30-19-21-35(22-20-30)31-17-18-32(27(7)23-31)36(28(8)37)33(14-10-2)34(38)26(6)12-4/h17-18,23,25-26,29-30,33H,9-16,19-22,24H2,1-8H3. The maximum absolute atomic E-state index is 13.2. The highest BCUT2D eigenvalue weighted by Gasteiger charge is 2.32. The zero-order valence-electron chi connectivity index (χ0n) is 26.0. The average molecular weight is 527 g/mol. The van der Waals surface area contributed by atoms with Crippen LogP contribution in [0.25, 0.3) is 0 Å². The molecule has 4 nitrogen and oxygen atoms in total. The van der Waals surface area contributed by atoms with Crippen LogP contribution in [0.2, 0.25) is 0 Å². The highest BCUT2D eigenvalue weighted by molar-refractivity contribution is 6.01. The molecule has 1 aromatic rings. The van der Waals surface area contributed by atoms with E-state index >= 15 is 0 Å². The van der Waals surface area contributed by atoms with E-state index in [9.17, 15) is 9.59 Å². The van der Waals surface area contributed by atoms with Gasteiger partial charge in [-0.2, -0.15) is 0 Å². The van der Waals surface area contributed by atoms with E-state index in [1.165, 1.54) is 57.1 Å². The third kappa shape index (κ3) is 9.12. The lowest BCUT2D eigenvalue weighted by Crippen LogP contribution is -2.46. The molecule has 4 unspecified atom stereocenters. The zero-order chi connectivity index (χ0) is 28.2. The summed E-state index contributed by atoms with van der Waals surface area (Å²) in [5.74, 6) is 2.67. The van der Waals surface area contributed by atoms with Crippen molar-refractivity contribution in [3.63, 3.8) is 0 Å². The molecule has 4 atom stereocenters. The van der Waals surface area contributed by atoms with Gasteiger partial charge >= 0.3 is 0 Å². The maximum atomic E-state index is 13.2. The van der Waals surface area contributed by atoms with E-state index in [4.69, 9.17) is 0 Å². The number of hydrogen-bond acceptors (Lipinski definition) is 3. The molecule has 0 saturated carbocycles. The predicted octanol–water partition coefficient (Wildman–Crippen LogP) is 8.98. The Morgan fingerprint density at radius 1 is 0.947 bits per heavy atom. The molecule has 0 bridgehead atoms. The van der Waals surface area contributed by atoms with Crippen molar-refractivity contribution in [2.24, 2.45) is 23.7 Å². The van der Waals surface area contributed by atoms with Crippen molar-refractivity contribution in [2.45, 2.75) is 132 Å². The molecule has 1 saturated heterocycles. The van der Waals surface area contributed by atoms with Gasteiger partial charge in [0.05, 0.1) is 6.04 Å². The van der Waals surface area contributed by atoms with E-state index < -0.39 is 0 Å². The summed E-state index contributed by atoms with van der Waals surface area (Å²) < 4.78 is 0. The van der Waals surface area contributed by atoms with Crippen molar-refractivity contribution in [1.29, 1.82) is 0 Å². The summed E-state index contributed by atoms with van der Waals surface area (Å²) >= 11 is 0. The molecule has 1 heterocycles. The normalized spacial score (nSPS) is 17.6. The number of Topliss-reactive ketones (excluding diaryl/α,β-unsaturated/α-hetero) is 1. The van der Waals surface area contributed by atoms with Gasteiger partial charge in [-0.05, 0) is 80.5 Å². The third-order valence-electron chi connectivity index (χ3n) is 9.19. The van der Waals surface area contributed by atoms with Crippen molar-refractivity contribution in [1.82, 2.24) is 0 Å². The summed E-state index contributed by atoms with van der Waals surface area (Å²) in [7, 11) is 0. The lowest BCUT2D eigenvalue weighted by atomic mass is 9.82. The molecule has 1 aromatic carbocycles. The van der Waals surface area contributed by atoms with Crippen molar-refractivity contribution >= 4 is 23.1 Å². The molecule has 38 heavy (non-hydrogen) atoms. The SMILES string of the molecule is CCCC(CCC(C)CC)CC1CCN(c2ccc(N(C(C)=O)C(CCC)C(=O)C(C)CC)c(C)c2)CC1. The second kappa shape index (κ2) is 16.3. The van der Waals surface area contributed by atoms with E-state index in [0.717, 1.165) is 54.9 Å². The molecular weight excluding hydrogens is 468 g/mol. The average Bonchev–Trinajstić information content (AvgIpc) is 2.91. The van der Waals surface area contributed by atoms with Crippen LogP contribution in [-0.4, -0.2) is 30.8 Å². The van der Waals surface area contributed by atoms with Crippen LogP contribution in [0.15, 0.2) is 18.2 Å². The van der Waals surface area contributed by atoms with Gasteiger partial charge in [-0.15, -0.1) is 0 Å². The molecule has 4 heteroatoms. The first kappa shape index (κ1) is 32.4. The Balaban J connectivity index is 2.09. The first-order valence-corrected chi connectivity index (χ1v) is 15.9. The van der Waals surface area contributed by atoms with Gasteiger partial charge in [-0.1, -0.05) is 80.1 Å². The number of amides is 1. The fraction of sp³-hybridized carbons (Fsp3) is 0.765. The number of rotatable bonds is 16. The number of carbonyl (C=O) groups is 2. The monoisotopic (exact) mass is 526 g/mol. The maximum Gasteiger partial charge on any atom is 0.224 e. The minimum Gasteiger partial charge on any atom is -0.372 e. The number of benzene rings is 1. The molecule has 0 radical (unpaired) electrons. The van der Waals surface area contributed by atoms with Gasteiger partial charge in [0.1, 0.15) is 0 Å². The molecule has 2 rings (SSSR count). The van der Waals surface area contributed by atoms with Crippen LogP contribution in [0.3, 0.4) is 0 Å². The minimum absolute atomic E-state index is 0.0405. The van der Waals surface area contributed by atoms with Crippen LogP contribution in [-0.2, 0) is 9.59 Å².